The molecule has 2 aliphatic carbocycles. The molecule has 0 spiro atoms. The number of hydrogen-bond acceptors (Lipinski definition) is 7. The molecule has 4 amide bonds. The third kappa shape index (κ3) is 5.14. The maximum Gasteiger partial charge on any atom is 0.417 e. The van der Waals surface area contributed by atoms with Gasteiger partial charge in [0.2, 0.25) is 11.8 Å². The Kier molecular flexibility index (Phi) is 8.54. The van der Waals surface area contributed by atoms with Gasteiger partial charge in [-0.15, -0.1) is 0 Å². The minimum Gasteiger partial charge on any atom is -0.508 e. The number of carbonyl (C=O) groups excluding carboxylic acids is 4. The Morgan fingerprint density at radius 3 is 2.40 bits per heavy atom. The van der Waals surface area contributed by atoms with Crippen LogP contribution in [-0.4, -0.2) is 50.2 Å². The van der Waals surface area contributed by atoms with Crippen LogP contribution in [0.5, 0.6) is 5.75 Å². The molecule has 2 N–H and O–H groups in total. The van der Waals surface area contributed by atoms with E-state index in [9.17, 15) is 32.7 Å². The average Bonchev–Trinajstić information content (AvgIpc) is 3.44. The van der Waals surface area contributed by atoms with Crippen LogP contribution in [0.3, 0.4) is 0 Å². The first-order valence-corrected chi connectivity index (χ1v) is 17.4. The lowest BCUT2D eigenvalue weighted by Crippen LogP contribution is -2.53. The van der Waals surface area contributed by atoms with E-state index in [-0.39, 0.29) is 42.8 Å². The van der Waals surface area contributed by atoms with Gasteiger partial charge in [0.15, 0.2) is 5.82 Å². The number of pyridine rings is 1. The summed E-state index contributed by atoms with van der Waals surface area (Å²) in [7, 11) is 0. The van der Waals surface area contributed by atoms with Crippen molar-refractivity contribution in [2.45, 2.75) is 43.7 Å². The molecular formula is C35H28BrCl2F3N4O5. The van der Waals surface area contributed by atoms with Crippen molar-refractivity contribution in [2.24, 2.45) is 23.7 Å². The molecule has 6 atom stereocenters. The highest BCUT2D eigenvalue weighted by atomic mass is 79.9. The van der Waals surface area contributed by atoms with Gasteiger partial charge in [0.1, 0.15) is 5.75 Å². The number of phenolic OH excluding ortho intramolecular Hbond substituents is 1. The van der Waals surface area contributed by atoms with Crippen LogP contribution in [0.15, 0.2) is 70.8 Å². The molecule has 50 heavy (non-hydrogen) atoms. The highest BCUT2D eigenvalue weighted by Crippen LogP contribution is 2.65. The number of nitrogens with one attached hydrogen (secondary N) is 1. The average molecular weight is 792 g/mol. The van der Waals surface area contributed by atoms with Crippen molar-refractivity contribution in [2.75, 3.05) is 12.0 Å². The summed E-state index contributed by atoms with van der Waals surface area (Å²) in [5, 5.41) is 12.0. The number of amides is 4. The third-order valence-electron chi connectivity index (χ3n) is 10.4. The van der Waals surface area contributed by atoms with Gasteiger partial charge >= 0.3 is 6.18 Å². The maximum atomic E-state index is 15.1. The number of allylic oxidation sites excluding steroid dienone is 2. The van der Waals surface area contributed by atoms with E-state index in [4.69, 9.17) is 23.2 Å². The van der Waals surface area contributed by atoms with Crippen LogP contribution in [0.4, 0.5) is 19.0 Å². The van der Waals surface area contributed by atoms with Crippen LogP contribution >= 0.6 is 39.1 Å². The van der Waals surface area contributed by atoms with E-state index in [0.717, 1.165) is 0 Å². The zero-order chi connectivity index (χ0) is 35.9. The molecule has 260 valence electrons. The van der Waals surface area contributed by atoms with Crippen molar-refractivity contribution >= 4 is 68.6 Å². The largest absolute Gasteiger partial charge is 0.508 e. The zero-order valence-electron chi connectivity index (χ0n) is 26.2. The van der Waals surface area contributed by atoms with E-state index >= 15 is 4.79 Å². The summed E-state index contributed by atoms with van der Waals surface area (Å²) in [6.45, 7) is 2.11. The number of aromatic nitrogens is 1. The molecule has 1 aromatic heterocycles. The van der Waals surface area contributed by atoms with Gasteiger partial charge in [-0.3, -0.25) is 29.5 Å². The number of fused-ring (bicyclic) bond motifs is 4. The molecular weight excluding hydrogens is 764 g/mol. The summed E-state index contributed by atoms with van der Waals surface area (Å²) in [6, 6.07) is 11.7. The second-order valence-corrected chi connectivity index (χ2v) is 14.7. The summed E-state index contributed by atoms with van der Waals surface area (Å²) in [5.41, 5.74) is 1.02. The van der Waals surface area contributed by atoms with E-state index < -0.39 is 63.6 Å². The predicted octanol–water partition coefficient (Wildman–Crippen LogP) is 7.27. The lowest BCUT2D eigenvalue weighted by molar-refractivity contribution is -0.141. The Hall–Kier alpha value is -3.94. The minimum atomic E-state index is -4.74. The Balaban J connectivity index is 1.44. The number of nitrogens with zero attached hydrogens (tertiary/aromatic N) is 3. The van der Waals surface area contributed by atoms with Gasteiger partial charge in [-0.2, -0.15) is 18.2 Å². The first-order chi connectivity index (χ1) is 23.7. The Labute approximate surface area is 302 Å². The normalized spacial score (nSPS) is 27.7. The lowest BCUT2D eigenvalue weighted by Gasteiger charge is -2.50. The smallest absolute Gasteiger partial charge is 0.417 e. The molecule has 15 heteroatoms. The van der Waals surface area contributed by atoms with Crippen LogP contribution in [-0.2, 0) is 30.8 Å². The lowest BCUT2D eigenvalue weighted by atomic mass is 9.49. The number of benzene rings is 2. The van der Waals surface area contributed by atoms with E-state index in [1.807, 2.05) is 13.0 Å². The molecule has 2 aliphatic heterocycles. The molecule has 9 nitrogen and oxygen atoms in total. The summed E-state index contributed by atoms with van der Waals surface area (Å²) in [5.74, 6) is -7.02. The summed E-state index contributed by atoms with van der Waals surface area (Å²) in [4.78, 5) is 62.3. The number of hydrazine groups is 1. The van der Waals surface area contributed by atoms with E-state index in [1.54, 1.807) is 36.4 Å². The van der Waals surface area contributed by atoms with Gasteiger partial charge < -0.3 is 5.11 Å². The van der Waals surface area contributed by atoms with Gasteiger partial charge in [0.05, 0.1) is 33.8 Å². The van der Waals surface area contributed by atoms with Crippen molar-refractivity contribution < 1.29 is 37.5 Å². The van der Waals surface area contributed by atoms with E-state index in [2.05, 4.69) is 26.3 Å². The van der Waals surface area contributed by atoms with Crippen molar-refractivity contribution in [1.29, 1.82) is 0 Å². The van der Waals surface area contributed by atoms with E-state index in [0.29, 0.717) is 49.9 Å². The number of likely N-dealkylation sites (tertiary alicyclic amines) is 1. The number of rotatable bonds is 6. The predicted molar refractivity (Wildman–Crippen MR) is 180 cm³/mol. The summed E-state index contributed by atoms with van der Waals surface area (Å²) in [6.07, 6.45) is -1.59. The van der Waals surface area contributed by atoms with Crippen molar-refractivity contribution in [3.05, 3.63) is 97.6 Å². The van der Waals surface area contributed by atoms with Gasteiger partial charge in [0.25, 0.3) is 11.8 Å². The number of imide groups is 2. The summed E-state index contributed by atoms with van der Waals surface area (Å²) < 4.78 is 40.8. The van der Waals surface area contributed by atoms with Crippen LogP contribution in [0.1, 0.15) is 48.8 Å². The standard InChI is InChI=1S/C35H28BrCl2F3N4O5/c1-2-11-44-30(47)21-9-8-20-22(27(21)32(44)49)14-24-31(48)45(43-29-25(38)12-17(15-42-29)35(39,40)41)33(50)34(24,16-3-6-19(37)7-4-16)28(20)23-13-18(36)5-10-26(23)46/h3-8,10,12-13,15,21-22,24,27-28,46H,2,9,11,14H2,1H3,(H,42,43)/t21-,22+,24-,27-,28+,34+/m0/s1. The fourth-order valence-electron chi connectivity index (χ4n) is 8.39. The fourth-order valence-corrected chi connectivity index (χ4v) is 9.11. The highest BCUT2D eigenvalue weighted by molar-refractivity contribution is 9.10. The molecule has 3 aromatic rings. The molecule has 4 aliphatic rings. The molecule has 2 aromatic carbocycles. The van der Waals surface area contributed by atoms with Crippen LogP contribution in [0, 0.1) is 23.7 Å². The Morgan fingerprint density at radius 2 is 1.74 bits per heavy atom. The van der Waals surface area contributed by atoms with Crippen molar-refractivity contribution in [1.82, 2.24) is 14.9 Å². The number of phenols is 1. The third-order valence-corrected chi connectivity index (χ3v) is 11.4. The molecule has 3 heterocycles. The first kappa shape index (κ1) is 34.5. The van der Waals surface area contributed by atoms with Gasteiger partial charge in [-0.25, -0.2) is 4.98 Å². The second kappa shape index (κ2) is 12.4. The second-order valence-electron chi connectivity index (χ2n) is 12.9. The number of hydrogen-bond donors (Lipinski definition) is 2. The maximum absolute atomic E-state index is 15.1. The van der Waals surface area contributed by atoms with Crippen molar-refractivity contribution in [3.63, 3.8) is 0 Å². The first-order valence-electron chi connectivity index (χ1n) is 15.9. The van der Waals surface area contributed by atoms with Crippen LogP contribution in [0.25, 0.3) is 0 Å². The monoisotopic (exact) mass is 790 g/mol. The van der Waals surface area contributed by atoms with E-state index in [1.165, 1.54) is 11.0 Å². The molecule has 3 fully saturated rings. The molecule has 0 unspecified atom stereocenters. The van der Waals surface area contributed by atoms with Gasteiger partial charge in [-0.1, -0.05) is 69.8 Å². The van der Waals surface area contributed by atoms with Gasteiger partial charge in [-0.05, 0) is 67.1 Å². The van der Waals surface area contributed by atoms with Gasteiger partial charge in [0, 0.05) is 33.7 Å². The zero-order valence-corrected chi connectivity index (χ0v) is 29.3. The highest BCUT2D eigenvalue weighted by Gasteiger charge is 2.70. The fraction of sp³-hybridized carbons (Fsp3) is 0.343. The van der Waals surface area contributed by atoms with Crippen LogP contribution < -0.4 is 5.43 Å². The quantitative estimate of drug-likeness (QED) is 0.199. The molecule has 7 rings (SSSR count). The number of carbonyl (C=O) groups is 4. The molecule has 0 bridgehead atoms. The minimum absolute atomic E-state index is 0.0171. The van der Waals surface area contributed by atoms with Crippen molar-refractivity contribution in [3.8, 4) is 5.75 Å². The molecule has 2 saturated heterocycles. The number of anilines is 1. The SMILES string of the molecule is CCCN1C(=O)[C@H]2[C@H](CC=C3[C@H]2C[C@H]2C(=O)N(Nc4ncc(C(F)(F)F)cc4Cl)C(=O)[C@@]2(c2ccc(Cl)cc2)[C@H]3c2cc(Br)ccc2O)C1=O. The summed E-state index contributed by atoms with van der Waals surface area (Å²) >= 11 is 16.0. The number of aromatic hydroxyl groups is 1. The van der Waals surface area contributed by atoms with Crippen LogP contribution in [0.2, 0.25) is 10.0 Å². The topological polar surface area (TPSA) is 120 Å². The molecule has 0 radical (unpaired) electrons. The number of alkyl halides is 3. The number of halogens is 6. The molecule has 1 saturated carbocycles. The Morgan fingerprint density at radius 1 is 1.02 bits per heavy atom. The Bertz CT molecular complexity index is 1990.